The fourth-order valence-electron chi connectivity index (χ4n) is 4.49. The molecule has 0 unspecified atom stereocenters. The van der Waals surface area contributed by atoms with Gasteiger partial charge < -0.3 is 10.2 Å². The normalized spacial score (nSPS) is 20.6. The van der Waals surface area contributed by atoms with Crippen LogP contribution in [-0.4, -0.2) is 48.1 Å². The summed E-state index contributed by atoms with van der Waals surface area (Å²) in [5.74, 6) is 0. The van der Waals surface area contributed by atoms with Crippen LogP contribution in [0.1, 0.15) is 31.2 Å². The summed E-state index contributed by atoms with van der Waals surface area (Å²) in [6.45, 7) is 5.93. The SMILES string of the molecule is Clc1ccccc1NC1CCN(C2CCN(Cc3ccccc3)CC2)CC1. The van der Waals surface area contributed by atoms with Crippen molar-refractivity contribution in [2.24, 2.45) is 0 Å². The number of benzene rings is 2. The molecule has 2 fully saturated rings. The van der Waals surface area contributed by atoms with Crippen molar-refractivity contribution in [3.8, 4) is 0 Å². The van der Waals surface area contributed by atoms with Gasteiger partial charge in [0.25, 0.3) is 0 Å². The predicted octanol–water partition coefficient (Wildman–Crippen LogP) is 4.88. The lowest BCUT2D eigenvalue weighted by Crippen LogP contribution is -2.49. The third-order valence-electron chi connectivity index (χ3n) is 6.09. The van der Waals surface area contributed by atoms with Crippen LogP contribution < -0.4 is 5.32 Å². The first-order valence-electron chi connectivity index (χ1n) is 10.3. The maximum absolute atomic E-state index is 6.29. The van der Waals surface area contributed by atoms with Crippen molar-refractivity contribution >= 4 is 17.3 Å². The fourth-order valence-corrected chi connectivity index (χ4v) is 4.68. The molecule has 2 aliphatic rings. The minimum atomic E-state index is 0.541. The Balaban J connectivity index is 1.21. The Morgan fingerprint density at radius 1 is 0.815 bits per heavy atom. The van der Waals surface area contributed by atoms with Crippen LogP contribution in [0.25, 0.3) is 0 Å². The first-order valence-corrected chi connectivity index (χ1v) is 10.7. The van der Waals surface area contributed by atoms with Crippen LogP contribution in [-0.2, 0) is 6.54 Å². The van der Waals surface area contributed by atoms with Gasteiger partial charge in [-0.15, -0.1) is 0 Å². The van der Waals surface area contributed by atoms with Crippen LogP contribution in [0.4, 0.5) is 5.69 Å². The number of nitrogens with one attached hydrogen (secondary N) is 1. The molecule has 3 nitrogen and oxygen atoms in total. The molecule has 2 heterocycles. The summed E-state index contributed by atoms with van der Waals surface area (Å²) in [5.41, 5.74) is 2.51. The fraction of sp³-hybridized carbons (Fsp3) is 0.478. The Morgan fingerprint density at radius 3 is 2.19 bits per heavy atom. The van der Waals surface area contributed by atoms with Crippen LogP contribution in [0.2, 0.25) is 5.02 Å². The van der Waals surface area contributed by atoms with Gasteiger partial charge in [-0.2, -0.15) is 0 Å². The Kier molecular flexibility index (Phi) is 6.33. The summed E-state index contributed by atoms with van der Waals surface area (Å²) in [6, 6.07) is 20.2. The van der Waals surface area contributed by atoms with Gasteiger partial charge in [0.05, 0.1) is 10.7 Å². The van der Waals surface area contributed by atoms with E-state index in [1.54, 1.807) is 0 Å². The molecule has 4 heteroatoms. The van der Waals surface area contributed by atoms with Gasteiger partial charge in [-0.05, 0) is 56.5 Å². The average Bonchev–Trinajstić information content (AvgIpc) is 2.72. The van der Waals surface area contributed by atoms with Gasteiger partial charge >= 0.3 is 0 Å². The number of piperidine rings is 2. The van der Waals surface area contributed by atoms with E-state index in [0.29, 0.717) is 6.04 Å². The third-order valence-corrected chi connectivity index (χ3v) is 6.42. The summed E-state index contributed by atoms with van der Waals surface area (Å²) in [5, 5.41) is 4.46. The van der Waals surface area contributed by atoms with E-state index in [1.807, 2.05) is 18.2 Å². The van der Waals surface area contributed by atoms with Gasteiger partial charge in [0.2, 0.25) is 0 Å². The second kappa shape index (κ2) is 9.09. The molecular formula is C23H30ClN3. The Morgan fingerprint density at radius 2 is 1.48 bits per heavy atom. The lowest BCUT2D eigenvalue weighted by atomic mass is 9.97. The number of likely N-dealkylation sites (tertiary alicyclic amines) is 2. The van der Waals surface area contributed by atoms with Gasteiger partial charge in [0.15, 0.2) is 0 Å². The first-order chi connectivity index (χ1) is 13.3. The van der Waals surface area contributed by atoms with E-state index in [0.717, 1.165) is 23.3 Å². The first kappa shape index (κ1) is 18.8. The topological polar surface area (TPSA) is 18.5 Å². The highest BCUT2D eigenvalue weighted by atomic mass is 35.5. The lowest BCUT2D eigenvalue weighted by molar-refractivity contribution is 0.0869. The molecule has 2 saturated heterocycles. The zero-order valence-corrected chi connectivity index (χ0v) is 16.7. The van der Waals surface area contributed by atoms with Crippen LogP contribution in [0.15, 0.2) is 54.6 Å². The van der Waals surface area contributed by atoms with Crippen molar-refractivity contribution < 1.29 is 0 Å². The molecule has 1 N–H and O–H groups in total. The zero-order valence-electron chi connectivity index (χ0n) is 16.0. The number of hydrogen-bond acceptors (Lipinski definition) is 3. The Bertz CT molecular complexity index is 705. The van der Waals surface area contributed by atoms with Crippen molar-refractivity contribution in [2.45, 2.75) is 44.3 Å². The second-order valence-corrected chi connectivity index (χ2v) is 8.33. The summed E-state index contributed by atoms with van der Waals surface area (Å²) in [7, 11) is 0. The maximum Gasteiger partial charge on any atom is 0.0637 e. The molecule has 2 aromatic rings. The van der Waals surface area contributed by atoms with Crippen molar-refractivity contribution in [1.82, 2.24) is 9.80 Å². The van der Waals surface area contributed by atoms with E-state index >= 15 is 0 Å². The van der Waals surface area contributed by atoms with Gasteiger partial charge in [0.1, 0.15) is 0 Å². The van der Waals surface area contributed by atoms with Gasteiger partial charge in [-0.3, -0.25) is 4.90 Å². The number of nitrogens with zero attached hydrogens (tertiary/aromatic N) is 2. The molecule has 0 aliphatic carbocycles. The zero-order chi connectivity index (χ0) is 18.5. The molecule has 4 rings (SSSR count). The van der Waals surface area contributed by atoms with Gasteiger partial charge in [0, 0.05) is 31.7 Å². The molecule has 0 amide bonds. The molecule has 0 saturated carbocycles. The molecule has 0 spiro atoms. The quantitative estimate of drug-likeness (QED) is 0.793. The van der Waals surface area contributed by atoms with Gasteiger partial charge in [-0.1, -0.05) is 54.1 Å². The summed E-state index contributed by atoms with van der Waals surface area (Å²) in [4.78, 5) is 5.34. The van der Waals surface area contributed by atoms with E-state index < -0.39 is 0 Å². The molecule has 0 aromatic heterocycles. The van der Waals surface area contributed by atoms with Crippen LogP contribution in [0.5, 0.6) is 0 Å². The predicted molar refractivity (Wildman–Crippen MR) is 114 cm³/mol. The molecule has 0 atom stereocenters. The molecule has 0 bridgehead atoms. The van der Waals surface area contributed by atoms with Crippen molar-refractivity contribution in [3.05, 3.63) is 65.2 Å². The van der Waals surface area contributed by atoms with E-state index in [1.165, 1.54) is 57.4 Å². The molecular weight excluding hydrogens is 354 g/mol. The molecule has 27 heavy (non-hydrogen) atoms. The maximum atomic E-state index is 6.29. The number of rotatable bonds is 5. The van der Waals surface area contributed by atoms with E-state index in [2.05, 4.69) is 51.5 Å². The standard InChI is InChI=1S/C23H30ClN3/c24-22-8-4-5-9-23(22)25-20-10-16-27(17-11-20)21-12-14-26(15-13-21)18-19-6-2-1-3-7-19/h1-9,20-21,25H,10-18H2. The second-order valence-electron chi connectivity index (χ2n) is 7.93. The minimum Gasteiger partial charge on any atom is -0.381 e. The van der Waals surface area contributed by atoms with E-state index in [-0.39, 0.29) is 0 Å². The van der Waals surface area contributed by atoms with E-state index in [9.17, 15) is 0 Å². The number of hydrogen-bond donors (Lipinski definition) is 1. The van der Waals surface area contributed by atoms with Crippen molar-refractivity contribution in [3.63, 3.8) is 0 Å². The monoisotopic (exact) mass is 383 g/mol. The summed E-state index contributed by atoms with van der Waals surface area (Å²) >= 11 is 6.29. The molecule has 2 aliphatic heterocycles. The third kappa shape index (κ3) is 5.04. The van der Waals surface area contributed by atoms with Crippen molar-refractivity contribution in [1.29, 1.82) is 0 Å². The van der Waals surface area contributed by atoms with Crippen molar-refractivity contribution in [2.75, 3.05) is 31.5 Å². The highest BCUT2D eigenvalue weighted by Gasteiger charge is 2.28. The van der Waals surface area contributed by atoms with Crippen LogP contribution in [0, 0.1) is 0 Å². The smallest absolute Gasteiger partial charge is 0.0637 e. The highest BCUT2D eigenvalue weighted by Crippen LogP contribution is 2.26. The molecule has 144 valence electrons. The summed E-state index contributed by atoms with van der Waals surface area (Å²) < 4.78 is 0. The van der Waals surface area contributed by atoms with E-state index in [4.69, 9.17) is 11.6 Å². The molecule has 0 radical (unpaired) electrons. The summed E-state index contributed by atoms with van der Waals surface area (Å²) in [6.07, 6.45) is 5.01. The number of halogens is 1. The highest BCUT2D eigenvalue weighted by molar-refractivity contribution is 6.33. The minimum absolute atomic E-state index is 0.541. The Labute approximate surface area is 168 Å². The van der Waals surface area contributed by atoms with Crippen LogP contribution >= 0.6 is 11.6 Å². The number of para-hydroxylation sites is 1. The largest absolute Gasteiger partial charge is 0.381 e. The lowest BCUT2D eigenvalue weighted by Gasteiger charge is -2.42. The molecule has 2 aromatic carbocycles. The number of anilines is 1. The Hall–Kier alpha value is -1.55. The average molecular weight is 384 g/mol. The van der Waals surface area contributed by atoms with Gasteiger partial charge in [-0.25, -0.2) is 0 Å². The van der Waals surface area contributed by atoms with Crippen LogP contribution in [0.3, 0.4) is 0 Å².